The van der Waals surface area contributed by atoms with Crippen LogP contribution in [0.15, 0.2) is 82.5 Å². The highest BCUT2D eigenvalue weighted by molar-refractivity contribution is 7.22. The van der Waals surface area contributed by atoms with Gasteiger partial charge in [0.25, 0.3) is 5.91 Å². The number of hydrogen-bond acceptors (Lipinski definition) is 6. The molecule has 0 radical (unpaired) electrons. The van der Waals surface area contributed by atoms with Crippen molar-refractivity contribution in [2.45, 2.75) is 19.9 Å². The second-order valence-electron chi connectivity index (χ2n) is 8.79. The number of para-hydroxylation sites is 1. The minimum Gasteiger partial charge on any atom is -0.503 e. The van der Waals surface area contributed by atoms with Crippen molar-refractivity contribution < 1.29 is 23.5 Å². The van der Waals surface area contributed by atoms with E-state index in [-0.39, 0.29) is 11.3 Å². The van der Waals surface area contributed by atoms with Crippen LogP contribution in [0.25, 0.3) is 21.2 Å². The zero-order chi connectivity index (χ0) is 25.1. The standard InChI is InChI=1S/C28H19FN2O4S/c1-14-11-15(2)23-21(12-14)36-28(30-23)31-24(16-7-9-18(29)10-8-16)22(26(33)27(31)34)25(32)20-13-17-5-3-4-6-19(17)35-20/h3-13,24,33H,1-2H3/t24-/m0/s1. The van der Waals surface area contributed by atoms with E-state index in [4.69, 9.17) is 9.40 Å². The van der Waals surface area contributed by atoms with Gasteiger partial charge in [-0.15, -0.1) is 0 Å². The van der Waals surface area contributed by atoms with Gasteiger partial charge in [-0.2, -0.15) is 0 Å². The minimum atomic E-state index is -1.01. The molecule has 1 aliphatic rings. The van der Waals surface area contributed by atoms with Crippen molar-refractivity contribution in [1.29, 1.82) is 0 Å². The van der Waals surface area contributed by atoms with E-state index in [1.807, 2.05) is 32.0 Å². The topological polar surface area (TPSA) is 83.6 Å². The summed E-state index contributed by atoms with van der Waals surface area (Å²) in [6, 6.07) is 17.2. The van der Waals surface area contributed by atoms with E-state index in [0.717, 1.165) is 26.7 Å². The van der Waals surface area contributed by atoms with E-state index in [2.05, 4.69) is 0 Å². The highest BCUT2D eigenvalue weighted by atomic mass is 32.1. The van der Waals surface area contributed by atoms with Crippen molar-refractivity contribution >= 4 is 49.3 Å². The molecule has 178 valence electrons. The summed E-state index contributed by atoms with van der Waals surface area (Å²) in [4.78, 5) is 33.1. The third-order valence-electron chi connectivity index (χ3n) is 6.31. The number of furan rings is 1. The molecule has 0 aliphatic carbocycles. The summed E-state index contributed by atoms with van der Waals surface area (Å²) < 4.78 is 20.4. The number of aryl methyl sites for hydroxylation is 2. The second-order valence-corrected chi connectivity index (χ2v) is 9.80. The normalized spacial score (nSPS) is 16.0. The Balaban J connectivity index is 1.52. The lowest BCUT2D eigenvalue weighted by atomic mass is 9.95. The van der Waals surface area contributed by atoms with Gasteiger partial charge in [0.1, 0.15) is 11.4 Å². The Morgan fingerprint density at radius 1 is 1.08 bits per heavy atom. The number of amides is 1. The van der Waals surface area contributed by atoms with Crippen molar-refractivity contribution in [1.82, 2.24) is 4.98 Å². The number of rotatable bonds is 4. The van der Waals surface area contributed by atoms with Gasteiger partial charge < -0.3 is 9.52 Å². The van der Waals surface area contributed by atoms with Crippen LogP contribution in [-0.2, 0) is 4.79 Å². The predicted octanol–water partition coefficient (Wildman–Crippen LogP) is 6.58. The molecule has 0 bridgehead atoms. The lowest BCUT2D eigenvalue weighted by Gasteiger charge is -2.24. The van der Waals surface area contributed by atoms with Crippen molar-refractivity contribution in [3.05, 3.63) is 106 Å². The quantitative estimate of drug-likeness (QED) is 0.283. The molecule has 0 saturated carbocycles. The van der Waals surface area contributed by atoms with Crippen molar-refractivity contribution in [3.63, 3.8) is 0 Å². The van der Waals surface area contributed by atoms with E-state index in [0.29, 0.717) is 16.3 Å². The Morgan fingerprint density at radius 3 is 2.58 bits per heavy atom. The van der Waals surface area contributed by atoms with Crippen molar-refractivity contribution in [2.24, 2.45) is 0 Å². The van der Waals surface area contributed by atoms with Crippen LogP contribution in [0, 0.1) is 19.7 Å². The van der Waals surface area contributed by atoms with Crippen LogP contribution in [0.5, 0.6) is 0 Å². The average Bonchev–Trinajstić information content (AvgIpc) is 3.54. The number of carbonyl (C=O) groups excluding carboxylic acids is 2. The number of aliphatic hydroxyl groups excluding tert-OH is 1. The average molecular weight is 499 g/mol. The molecule has 0 saturated heterocycles. The van der Waals surface area contributed by atoms with Gasteiger partial charge in [-0.3, -0.25) is 14.5 Å². The molecule has 0 spiro atoms. The molecule has 1 atom stereocenters. The molecule has 2 aromatic heterocycles. The highest BCUT2D eigenvalue weighted by Gasteiger charge is 2.46. The molecule has 6 nitrogen and oxygen atoms in total. The first-order valence-corrected chi connectivity index (χ1v) is 12.1. The monoisotopic (exact) mass is 498 g/mol. The maximum atomic E-state index is 13.8. The second kappa shape index (κ2) is 8.13. The number of benzene rings is 3. The van der Waals surface area contributed by atoms with Gasteiger partial charge in [-0.25, -0.2) is 9.37 Å². The first-order chi connectivity index (χ1) is 17.3. The Hall–Kier alpha value is -4.30. The van der Waals surface area contributed by atoms with E-state index < -0.39 is 29.3 Å². The summed E-state index contributed by atoms with van der Waals surface area (Å²) in [7, 11) is 0. The van der Waals surface area contributed by atoms with Crippen LogP contribution < -0.4 is 4.90 Å². The van der Waals surface area contributed by atoms with Crippen LogP contribution in [-0.4, -0.2) is 21.8 Å². The van der Waals surface area contributed by atoms with Crippen LogP contribution >= 0.6 is 11.3 Å². The van der Waals surface area contributed by atoms with Gasteiger partial charge in [-0.1, -0.05) is 47.7 Å². The molecule has 1 amide bonds. The number of fused-ring (bicyclic) bond motifs is 2. The number of halogens is 1. The van der Waals surface area contributed by atoms with Gasteiger partial charge in [0.15, 0.2) is 16.7 Å². The van der Waals surface area contributed by atoms with Gasteiger partial charge in [0, 0.05) is 5.39 Å². The molecule has 36 heavy (non-hydrogen) atoms. The Labute approximate surface area is 208 Å². The summed E-state index contributed by atoms with van der Waals surface area (Å²) in [6.45, 7) is 3.92. The van der Waals surface area contributed by atoms with Crippen LogP contribution in [0.1, 0.15) is 33.3 Å². The molecule has 0 fully saturated rings. The summed E-state index contributed by atoms with van der Waals surface area (Å²) >= 11 is 1.29. The molecule has 1 aliphatic heterocycles. The molecule has 3 heterocycles. The van der Waals surface area contributed by atoms with Crippen LogP contribution in [0.4, 0.5) is 9.52 Å². The SMILES string of the molecule is Cc1cc(C)c2nc(N3C(=O)C(O)=C(C(=O)c4cc5ccccc5o4)[C@@H]3c3ccc(F)cc3)sc2c1. The molecular formula is C28H19FN2O4S. The van der Waals surface area contributed by atoms with E-state index in [1.54, 1.807) is 24.3 Å². The zero-order valence-electron chi connectivity index (χ0n) is 19.3. The number of carbonyl (C=O) groups is 2. The number of Topliss-reactive ketones (excluding diaryl/α,β-unsaturated/α-hetero) is 1. The molecular weight excluding hydrogens is 479 g/mol. The van der Waals surface area contributed by atoms with Gasteiger partial charge in [-0.05, 0) is 60.9 Å². The third-order valence-corrected chi connectivity index (χ3v) is 7.31. The summed E-state index contributed by atoms with van der Waals surface area (Å²) in [6.07, 6.45) is 0. The first kappa shape index (κ1) is 22.2. The molecule has 0 unspecified atom stereocenters. The maximum absolute atomic E-state index is 13.8. The highest BCUT2D eigenvalue weighted by Crippen LogP contribution is 2.45. The smallest absolute Gasteiger partial charge is 0.296 e. The fourth-order valence-electron chi connectivity index (χ4n) is 4.68. The lowest BCUT2D eigenvalue weighted by molar-refractivity contribution is -0.117. The zero-order valence-corrected chi connectivity index (χ0v) is 20.1. The van der Waals surface area contributed by atoms with Crippen LogP contribution in [0.2, 0.25) is 0 Å². The number of ketones is 1. The van der Waals surface area contributed by atoms with E-state index >= 15 is 0 Å². The molecule has 1 N–H and O–H groups in total. The Bertz CT molecular complexity index is 1700. The number of anilines is 1. The molecule has 6 rings (SSSR count). The minimum absolute atomic E-state index is 0.00437. The molecule has 5 aromatic rings. The fourth-order valence-corrected chi connectivity index (χ4v) is 5.85. The number of aliphatic hydroxyl groups is 1. The molecule has 8 heteroatoms. The summed E-state index contributed by atoms with van der Waals surface area (Å²) in [5, 5.41) is 12.0. The van der Waals surface area contributed by atoms with Crippen LogP contribution in [0.3, 0.4) is 0 Å². The lowest BCUT2D eigenvalue weighted by Crippen LogP contribution is -2.31. The first-order valence-electron chi connectivity index (χ1n) is 11.2. The third kappa shape index (κ3) is 3.41. The summed E-state index contributed by atoms with van der Waals surface area (Å²) in [5.74, 6) is -2.52. The molecule has 3 aromatic carbocycles. The van der Waals surface area contributed by atoms with E-state index in [9.17, 15) is 19.1 Å². The fraction of sp³-hybridized carbons (Fsp3) is 0.107. The Morgan fingerprint density at radius 2 is 1.83 bits per heavy atom. The van der Waals surface area contributed by atoms with E-state index in [1.165, 1.54) is 40.5 Å². The predicted molar refractivity (Wildman–Crippen MR) is 136 cm³/mol. The number of aromatic nitrogens is 1. The van der Waals surface area contributed by atoms with Gasteiger partial charge in [0.05, 0.1) is 21.8 Å². The summed E-state index contributed by atoms with van der Waals surface area (Å²) in [5.41, 5.74) is 3.58. The maximum Gasteiger partial charge on any atom is 0.296 e. The number of hydrogen-bond donors (Lipinski definition) is 1. The van der Waals surface area contributed by atoms with Crippen molar-refractivity contribution in [2.75, 3.05) is 4.90 Å². The Kier molecular flexibility index (Phi) is 5.01. The largest absolute Gasteiger partial charge is 0.503 e. The number of thiazole rings is 1. The van der Waals surface area contributed by atoms with Crippen molar-refractivity contribution in [3.8, 4) is 0 Å². The van der Waals surface area contributed by atoms with Gasteiger partial charge >= 0.3 is 0 Å². The van der Waals surface area contributed by atoms with Gasteiger partial charge in [0.2, 0.25) is 5.78 Å². The number of nitrogens with zero attached hydrogens (tertiary/aromatic N) is 2.